The summed E-state index contributed by atoms with van der Waals surface area (Å²) in [7, 11) is -3.73. The Morgan fingerprint density at radius 1 is 1.07 bits per heavy atom. The summed E-state index contributed by atoms with van der Waals surface area (Å²) in [5, 5.41) is 2.79. The first-order chi connectivity index (χ1) is 13.3. The van der Waals surface area contributed by atoms with Gasteiger partial charge in [-0.25, -0.2) is 17.5 Å². The fourth-order valence-electron chi connectivity index (χ4n) is 2.56. The molecule has 0 bridgehead atoms. The summed E-state index contributed by atoms with van der Waals surface area (Å²) in [5.41, 5.74) is 1.08. The summed E-state index contributed by atoms with van der Waals surface area (Å²) < 4.78 is 45.2. The zero-order chi connectivity index (χ0) is 20.1. The molecule has 0 aliphatic carbocycles. The molecule has 3 aromatic rings. The molecule has 1 amide bonds. The van der Waals surface area contributed by atoms with Gasteiger partial charge >= 0.3 is 0 Å². The van der Waals surface area contributed by atoms with Crippen molar-refractivity contribution in [3.8, 4) is 0 Å². The molecular weight excluding hydrogens is 383 g/mol. The van der Waals surface area contributed by atoms with Crippen LogP contribution >= 0.6 is 0 Å². The Labute approximate surface area is 162 Å². The first-order valence-electron chi connectivity index (χ1n) is 8.53. The fourth-order valence-corrected chi connectivity index (χ4v) is 3.56. The molecule has 0 spiro atoms. The highest BCUT2D eigenvalue weighted by Crippen LogP contribution is 2.15. The monoisotopic (exact) mass is 402 g/mol. The van der Waals surface area contributed by atoms with Crippen molar-refractivity contribution in [2.45, 2.75) is 24.4 Å². The van der Waals surface area contributed by atoms with E-state index in [9.17, 15) is 17.6 Å². The van der Waals surface area contributed by atoms with Crippen molar-refractivity contribution < 1.29 is 22.0 Å². The highest BCUT2D eigenvalue weighted by molar-refractivity contribution is 7.89. The second-order valence-electron chi connectivity index (χ2n) is 6.17. The van der Waals surface area contributed by atoms with Gasteiger partial charge < -0.3 is 9.73 Å². The van der Waals surface area contributed by atoms with Crippen LogP contribution in [0.4, 0.5) is 4.39 Å². The lowest BCUT2D eigenvalue weighted by Crippen LogP contribution is -2.27. The normalized spacial score (nSPS) is 12.5. The average Bonchev–Trinajstić information content (AvgIpc) is 3.21. The maximum absolute atomic E-state index is 13.0. The van der Waals surface area contributed by atoms with Gasteiger partial charge in [0.25, 0.3) is 5.91 Å². The molecule has 0 aliphatic heterocycles. The molecule has 3 rings (SSSR count). The van der Waals surface area contributed by atoms with Crippen molar-refractivity contribution in [1.82, 2.24) is 10.0 Å². The maximum Gasteiger partial charge on any atom is 0.251 e. The van der Waals surface area contributed by atoms with E-state index in [1.807, 2.05) is 0 Å². The predicted molar refractivity (Wildman–Crippen MR) is 101 cm³/mol. The van der Waals surface area contributed by atoms with E-state index >= 15 is 0 Å². The fraction of sp³-hybridized carbons (Fsp3) is 0.150. The van der Waals surface area contributed by atoms with Gasteiger partial charge in [0.1, 0.15) is 11.6 Å². The second kappa shape index (κ2) is 8.37. The van der Waals surface area contributed by atoms with Gasteiger partial charge in [0.2, 0.25) is 10.0 Å². The lowest BCUT2D eigenvalue weighted by atomic mass is 10.1. The van der Waals surface area contributed by atoms with Crippen molar-refractivity contribution in [3.63, 3.8) is 0 Å². The molecule has 0 radical (unpaired) electrons. The van der Waals surface area contributed by atoms with Crippen molar-refractivity contribution in [2.24, 2.45) is 0 Å². The summed E-state index contributed by atoms with van der Waals surface area (Å²) in [6, 6.07) is 14.5. The molecule has 2 N–H and O–H groups in total. The Bertz CT molecular complexity index is 1030. The Morgan fingerprint density at radius 3 is 2.36 bits per heavy atom. The second-order valence-corrected chi connectivity index (χ2v) is 7.94. The highest BCUT2D eigenvalue weighted by atomic mass is 32.2. The Balaban J connectivity index is 1.64. The lowest BCUT2D eigenvalue weighted by Gasteiger charge is -2.14. The van der Waals surface area contributed by atoms with E-state index in [2.05, 4.69) is 10.0 Å². The molecule has 0 aliphatic rings. The standard InChI is InChI=1S/C20H19FN2O4S/c1-14(15-4-8-17(21)9-5-15)23-20(24)16-6-10-19(11-7-16)28(25,26)22-13-18-3-2-12-27-18/h2-12,14,22H,13H2,1H3,(H,23,24)/t14-/m1/s1. The van der Waals surface area contributed by atoms with Crippen LogP contribution in [-0.4, -0.2) is 14.3 Å². The van der Waals surface area contributed by atoms with E-state index in [1.54, 1.807) is 31.2 Å². The SMILES string of the molecule is C[C@@H](NC(=O)c1ccc(S(=O)(=O)NCc2ccco2)cc1)c1ccc(F)cc1. The molecule has 1 atom stereocenters. The van der Waals surface area contributed by atoms with Gasteiger partial charge in [-0.1, -0.05) is 12.1 Å². The quantitative estimate of drug-likeness (QED) is 0.634. The third-order valence-electron chi connectivity index (χ3n) is 4.16. The summed E-state index contributed by atoms with van der Waals surface area (Å²) in [5.74, 6) is -0.210. The number of furan rings is 1. The van der Waals surface area contributed by atoms with Crippen molar-refractivity contribution in [3.05, 3.63) is 89.6 Å². The molecule has 1 aromatic heterocycles. The largest absolute Gasteiger partial charge is 0.468 e. The summed E-state index contributed by atoms with van der Waals surface area (Å²) >= 11 is 0. The summed E-state index contributed by atoms with van der Waals surface area (Å²) in [4.78, 5) is 12.4. The molecular formula is C20H19FN2O4S. The van der Waals surface area contributed by atoms with Gasteiger partial charge in [-0.3, -0.25) is 4.79 Å². The number of benzene rings is 2. The topological polar surface area (TPSA) is 88.4 Å². The third-order valence-corrected chi connectivity index (χ3v) is 5.58. The lowest BCUT2D eigenvalue weighted by molar-refractivity contribution is 0.0940. The number of nitrogens with one attached hydrogen (secondary N) is 2. The van der Waals surface area contributed by atoms with E-state index in [-0.39, 0.29) is 29.2 Å². The smallest absolute Gasteiger partial charge is 0.251 e. The molecule has 146 valence electrons. The molecule has 0 saturated carbocycles. The maximum atomic E-state index is 13.0. The molecule has 1 heterocycles. The number of hydrogen-bond acceptors (Lipinski definition) is 4. The van der Waals surface area contributed by atoms with E-state index in [0.717, 1.165) is 5.56 Å². The van der Waals surface area contributed by atoms with Crippen LogP contribution in [0.2, 0.25) is 0 Å². The Morgan fingerprint density at radius 2 is 1.75 bits per heavy atom. The van der Waals surface area contributed by atoms with E-state index in [1.165, 1.54) is 42.7 Å². The minimum Gasteiger partial charge on any atom is -0.468 e. The average molecular weight is 402 g/mol. The number of amides is 1. The van der Waals surface area contributed by atoms with Gasteiger partial charge in [0, 0.05) is 5.56 Å². The summed E-state index contributed by atoms with van der Waals surface area (Å²) in [6.45, 7) is 1.81. The van der Waals surface area contributed by atoms with Crippen LogP contribution in [-0.2, 0) is 16.6 Å². The van der Waals surface area contributed by atoms with E-state index in [4.69, 9.17) is 4.42 Å². The Kier molecular flexibility index (Phi) is 5.91. The van der Waals surface area contributed by atoms with Gasteiger partial charge in [-0.05, 0) is 61.0 Å². The third kappa shape index (κ3) is 4.85. The van der Waals surface area contributed by atoms with Crippen LogP contribution in [0, 0.1) is 5.82 Å². The van der Waals surface area contributed by atoms with Gasteiger partial charge in [-0.2, -0.15) is 0 Å². The van der Waals surface area contributed by atoms with Crippen LogP contribution in [0.25, 0.3) is 0 Å². The van der Waals surface area contributed by atoms with Crippen molar-refractivity contribution in [1.29, 1.82) is 0 Å². The van der Waals surface area contributed by atoms with Crippen LogP contribution in [0.5, 0.6) is 0 Å². The number of hydrogen-bond donors (Lipinski definition) is 2. The number of halogens is 1. The van der Waals surface area contributed by atoms with Crippen LogP contribution in [0.3, 0.4) is 0 Å². The van der Waals surface area contributed by atoms with E-state index < -0.39 is 10.0 Å². The van der Waals surface area contributed by atoms with Crippen LogP contribution < -0.4 is 10.0 Å². The van der Waals surface area contributed by atoms with E-state index in [0.29, 0.717) is 11.3 Å². The molecule has 0 saturated heterocycles. The first-order valence-corrected chi connectivity index (χ1v) is 10.0. The van der Waals surface area contributed by atoms with Crippen LogP contribution in [0.15, 0.2) is 76.2 Å². The number of rotatable bonds is 7. The summed E-state index contributed by atoms with van der Waals surface area (Å²) in [6.07, 6.45) is 1.46. The minimum absolute atomic E-state index is 0.0345. The first kappa shape index (κ1) is 19.8. The minimum atomic E-state index is -3.73. The zero-order valence-corrected chi connectivity index (χ0v) is 15.9. The van der Waals surface area contributed by atoms with Gasteiger partial charge in [0.05, 0.1) is 23.7 Å². The molecule has 0 unspecified atom stereocenters. The van der Waals surface area contributed by atoms with Gasteiger partial charge in [0.15, 0.2) is 0 Å². The molecule has 28 heavy (non-hydrogen) atoms. The van der Waals surface area contributed by atoms with Crippen molar-refractivity contribution >= 4 is 15.9 Å². The van der Waals surface area contributed by atoms with Gasteiger partial charge in [-0.15, -0.1) is 0 Å². The number of carbonyl (C=O) groups excluding carboxylic acids is 1. The molecule has 2 aromatic carbocycles. The highest BCUT2D eigenvalue weighted by Gasteiger charge is 2.16. The Hall–Kier alpha value is -2.97. The zero-order valence-electron chi connectivity index (χ0n) is 15.1. The van der Waals surface area contributed by atoms with Crippen LogP contribution in [0.1, 0.15) is 34.6 Å². The molecule has 8 heteroatoms. The number of carbonyl (C=O) groups is 1. The number of sulfonamides is 1. The molecule has 6 nitrogen and oxygen atoms in total. The predicted octanol–water partition coefficient (Wildman–Crippen LogP) is 3.39. The van der Waals surface area contributed by atoms with Crippen molar-refractivity contribution in [2.75, 3.05) is 0 Å². The molecule has 0 fully saturated rings.